The molecule has 0 aliphatic rings. The van der Waals surface area contributed by atoms with E-state index in [1.165, 1.54) is 0 Å². The Kier molecular flexibility index (Phi) is 4.34. The number of amides is 1. The maximum Gasteiger partial charge on any atom is 0.239 e. The summed E-state index contributed by atoms with van der Waals surface area (Å²) in [5.41, 5.74) is 1.49. The van der Waals surface area contributed by atoms with Crippen molar-refractivity contribution in [3.05, 3.63) is 18.0 Å². The second kappa shape index (κ2) is 6.00. The lowest BCUT2D eigenvalue weighted by molar-refractivity contribution is -0.121. The molecular weight excluding hydrogens is 282 g/mol. The van der Waals surface area contributed by atoms with Crippen LogP contribution in [0.4, 0.5) is 0 Å². The van der Waals surface area contributed by atoms with Gasteiger partial charge in [0.15, 0.2) is 11.5 Å². The van der Waals surface area contributed by atoms with Crippen LogP contribution in [-0.4, -0.2) is 36.7 Å². The van der Waals surface area contributed by atoms with E-state index in [0.29, 0.717) is 22.8 Å². The molecule has 1 N–H and O–H groups in total. The summed E-state index contributed by atoms with van der Waals surface area (Å²) in [5, 5.41) is 2.58. The molecule has 108 valence electrons. The van der Waals surface area contributed by atoms with Crippen molar-refractivity contribution >= 4 is 28.5 Å². The molecular formula is C13H16ClN3O3. The van der Waals surface area contributed by atoms with Gasteiger partial charge in [-0.3, -0.25) is 4.79 Å². The maximum absolute atomic E-state index is 11.6. The lowest BCUT2D eigenvalue weighted by atomic mass is 10.2. The van der Waals surface area contributed by atoms with Crippen molar-refractivity contribution in [3.63, 3.8) is 0 Å². The number of nitrogens with zero attached hydrogens (tertiary/aromatic N) is 2. The molecule has 1 aromatic carbocycles. The lowest BCUT2D eigenvalue weighted by Gasteiger charge is -2.09. The Hall–Kier alpha value is -1.95. The van der Waals surface area contributed by atoms with Crippen LogP contribution in [-0.2, 0) is 17.2 Å². The minimum atomic E-state index is -0.120. The largest absolute Gasteiger partial charge is 0.493 e. The van der Waals surface area contributed by atoms with E-state index in [9.17, 15) is 4.79 Å². The zero-order valence-corrected chi connectivity index (χ0v) is 12.3. The molecule has 0 atom stereocenters. The normalized spacial score (nSPS) is 10.6. The highest BCUT2D eigenvalue weighted by atomic mass is 35.5. The van der Waals surface area contributed by atoms with E-state index >= 15 is 0 Å². The van der Waals surface area contributed by atoms with Gasteiger partial charge in [0.05, 0.1) is 31.1 Å². The van der Waals surface area contributed by atoms with Gasteiger partial charge in [-0.1, -0.05) is 0 Å². The Morgan fingerprint density at radius 1 is 1.35 bits per heavy atom. The molecule has 1 amide bonds. The number of aromatic nitrogens is 2. The van der Waals surface area contributed by atoms with Crippen LogP contribution in [0.5, 0.6) is 11.5 Å². The zero-order chi connectivity index (χ0) is 14.7. The predicted octanol–water partition coefficient (Wildman–Crippen LogP) is 1.54. The number of hydrogen-bond donors (Lipinski definition) is 1. The highest BCUT2D eigenvalue weighted by Gasteiger charge is 2.16. The van der Waals surface area contributed by atoms with Crippen LogP contribution >= 0.6 is 11.6 Å². The Morgan fingerprint density at radius 3 is 2.55 bits per heavy atom. The van der Waals surface area contributed by atoms with Crippen molar-refractivity contribution in [2.75, 3.05) is 21.3 Å². The standard InChI is InChI=1S/C13H16ClN3O3/c1-15-13(18)7-17-9-5-11(20-3)10(19-2)4-8(9)16-12(17)6-14/h4-5H,6-7H2,1-3H3,(H,15,18). The first-order valence-corrected chi connectivity index (χ1v) is 6.55. The molecule has 0 unspecified atom stereocenters. The second-order valence-corrected chi connectivity index (χ2v) is 4.38. The first kappa shape index (κ1) is 14.5. The van der Waals surface area contributed by atoms with Crippen LogP contribution in [0.1, 0.15) is 5.82 Å². The first-order valence-electron chi connectivity index (χ1n) is 6.02. The van der Waals surface area contributed by atoms with Crippen molar-refractivity contribution in [3.8, 4) is 11.5 Å². The topological polar surface area (TPSA) is 65.4 Å². The van der Waals surface area contributed by atoms with Crippen LogP contribution in [0.25, 0.3) is 11.0 Å². The molecule has 7 heteroatoms. The van der Waals surface area contributed by atoms with Crippen LogP contribution in [0.2, 0.25) is 0 Å². The molecule has 0 fully saturated rings. The summed E-state index contributed by atoms with van der Waals surface area (Å²) < 4.78 is 12.3. The van der Waals surface area contributed by atoms with E-state index in [1.807, 2.05) is 0 Å². The van der Waals surface area contributed by atoms with Crippen molar-refractivity contribution < 1.29 is 14.3 Å². The van der Waals surface area contributed by atoms with Crippen molar-refractivity contribution in [1.82, 2.24) is 14.9 Å². The molecule has 0 aliphatic carbocycles. The Morgan fingerprint density at radius 2 is 2.00 bits per heavy atom. The number of imidazole rings is 1. The SMILES string of the molecule is CNC(=O)Cn1c(CCl)nc2cc(OC)c(OC)cc21. The number of carbonyl (C=O) groups excluding carboxylic acids is 1. The summed E-state index contributed by atoms with van der Waals surface area (Å²) >= 11 is 5.90. The Balaban J connectivity index is 2.62. The highest BCUT2D eigenvalue weighted by Crippen LogP contribution is 2.32. The molecule has 0 spiro atoms. The number of rotatable bonds is 5. The van der Waals surface area contributed by atoms with Crippen LogP contribution in [0.15, 0.2) is 12.1 Å². The number of carbonyl (C=O) groups is 1. The number of benzene rings is 1. The monoisotopic (exact) mass is 297 g/mol. The smallest absolute Gasteiger partial charge is 0.239 e. The summed E-state index contributed by atoms with van der Waals surface area (Å²) in [5.74, 6) is 1.90. The van der Waals surface area contributed by atoms with E-state index < -0.39 is 0 Å². The molecule has 6 nitrogen and oxygen atoms in total. The number of methoxy groups -OCH3 is 2. The third kappa shape index (κ3) is 2.51. The average Bonchev–Trinajstić information content (AvgIpc) is 2.82. The van der Waals surface area contributed by atoms with E-state index in [2.05, 4.69) is 10.3 Å². The quantitative estimate of drug-likeness (QED) is 0.850. The minimum Gasteiger partial charge on any atom is -0.493 e. The maximum atomic E-state index is 11.6. The van der Waals surface area contributed by atoms with E-state index in [4.69, 9.17) is 21.1 Å². The van der Waals surface area contributed by atoms with Crippen molar-refractivity contribution in [1.29, 1.82) is 0 Å². The fourth-order valence-corrected chi connectivity index (χ4v) is 2.21. The summed E-state index contributed by atoms with van der Waals surface area (Å²) in [6.45, 7) is 0.157. The summed E-state index contributed by atoms with van der Waals surface area (Å²) in [4.78, 5) is 16.0. The number of alkyl halides is 1. The number of fused-ring (bicyclic) bond motifs is 1. The Labute approximate surface area is 121 Å². The van der Waals surface area contributed by atoms with E-state index in [1.54, 1.807) is 38.0 Å². The van der Waals surface area contributed by atoms with Crippen molar-refractivity contribution in [2.45, 2.75) is 12.4 Å². The molecule has 0 aliphatic heterocycles. The molecule has 0 radical (unpaired) electrons. The van der Waals surface area contributed by atoms with Crippen LogP contribution in [0, 0.1) is 0 Å². The van der Waals surface area contributed by atoms with Gasteiger partial charge < -0.3 is 19.4 Å². The lowest BCUT2D eigenvalue weighted by Crippen LogP contribution is -2.24. The molecule has 1 heterocycles. The van der Waals surface area contributed by atoms with Gasteiger partial charge in [-0.15, -0.1) is 11.6 Å². The number of halogens is 1. The number of hydrogen-bond acceptors (Lipinski definition) is 4. The van der Waals surface area contributed by atoms with Gasteiger partial charge in [0.2, 0.25) is 5.91 Å². The fourth-order valence-electron chi connectivity index (χ4n) is 2.00. The third-order valence-electron chi connectivity index (χ3n) is 3.03. The molecule has 2 aromatic rings. The van der Waals surface area contributed by atoms with Gasteiger partial charge in [-0.2, -0.15) is 0 Å². The van der Waals surface area contributed by atoms with Gasteiger partial charge in [0.1, 0.15) is 12.4 Å². The molecule has 2 rings (SSSR count). The summed E-state index contributed by atoms with van der Waals surface area (Å²) in [6, 6.07) is 3.56. The van der Waals surface area contributed by atoms with Crippen LogP contribution < -0.4 is 14.8 Å². The Bertz CT molecular complexity index is 639. The van der Waals surface area contributed by atoms with Gasteiger partial charge in [-0.05, 0) is 0 Å². The molecule has 1 aromatic heterocycles. The van der Waals surface area contributed by atoms with Gasteiger partial charge in [0, 0.05) is 19.2 Å². The second-order valence-electron chi connectivity index (χ2n) is 4.12. The van der Waals surface area contributed by atoms with Crippen molar-refractivity contribution in [2.24, 2.45) is 0 Å². The molecule has 0 saturated carbocycles. The summed E-state index contributed by atoms with van der Waals surface area (Å²) in [6.07, 6.45) is 0. The van der Waals surface area contributed by atoms with Crippen LogP contribution in [0.3, 0.4) is 0 Å². The first-order chi connectivity index (χ1) is 9.64. The highest BCUT2D eigenvalue weighted by molar-refractivity contribution is 6.16. The minimum absolute atomic E-state index is 0.120. The average molecular weight is 298 g/mol. The van der Waals surface area contributed by atoms with E-state index in [-0.39, 0.29) is 18.3 Å². The number of ether oxygens (including phenoxy) is 2. The molecule has 20 heavy (non-hydrogen) atoms. The zero-order valence-electron chi connectivity index (χ0n) is 11.6. The summed E-state index contributed by atoms with van der Waals surface area (Å²) in [7, 11) is 4.71. The third-order valence-corrected chi connectivity index (χ3v) is 3.27. The number of likely N-dealkylation sites (N-methyl/N-ethyl adjacent to an activating group) is 1. The number of nitrogens with one attached hydrogen (secondary N) is 1. The molecule has 0 saturated heterocycles. The van der Waals surface area contributed by atoms with Gasteiger partial charge in [-0.25, -0.2) is 4.98 Å². The van der Waals surface area contributed by atoms with Gasteiger partial charge in [0.25, 0.3) is 0 Å². The van der Waals surface area contributed by atoms with E-state index in [0.717, 1.165) is 5.52 Å². The predicted molar refractivity (Wildman–Crippen MR) is 76.5 cm³/mol. The van der Waals surface area contributed by atoms with Gasteiger partial charge >= 0.3 is 0 Å². The fraction of sp³-hybridized carbons (Fsp3) is 0.385. The molecule has 0 bridgehead atoms.